The molecule has 10 heteroatoms. The molecule has 0 aliphatic carbocycles. The second-order valence-electron chi connectivity index (χ2n) is 5.51. The lowest BCUT2D eigenvalue weighted by molar-refractivity contribution is 0.577. The van der Waals surface area contributed by atoms with Crippen molar-refractivity contribution in [1.82, 2.24) is 25.8 Å². The summed E-state index contributed by atoms with van der Waals surface area (Å²) in [6.07, 6.45) is 1.60. The molecule has 2 heterocycles. The zero-order chi connectivity index (χ0) is 18.9. The van der Waals surface area contributed by atoms with Gasteiger partial charge < -0.3 is 15.1 Å². The van der Waals surface area contributed by atoms with Crippen molar-refractivity contribution in [3.05, 3.63) is 53.5 Å². The molecule has 28 heavy (non-hydrogen) atoms. The van der Waals surface area contributed by atoms with E-state index in [1.54, 1.807) is 24.1 Å². The van der Waals surface area contributed by atoms with E-state index in [9.17, 15) is 0 Å². The van der Waals surface area contributed by atoms with Crippen LogP contribution in [0.3, 0.4) is 0 Å². The van der Waals surface area contributed by atoms with Crippen molar-refractivity contribution in [3.8, 4) is 11.6 Å². The van der Waals surface area contributed by atoms with Crippen LogP contribution < -0.4 is 10.6 Å². The molecule has 0 unspecified atom stereocenters. The van der Waals surface area contributed by atoms with Crippen LogP contribution in [0.5, 0.6) is 0 Å². The van der Waals surface area contributed by atoms with E-state index in [4.69, 9.17) is 16.0 Å². The molecule has 0 spiro atoms. The Labute approximate surface area is 190 Å². The third-order valence-corrected chi connectivity index (χ3v) is 4.75. The van der Waals surface area contributed by atoms with Crippen molar-refractivity contribution in [2.24, 2.45) is 4.99 Å². The van der Waals surface area contributed by atoms with E-state index >= 15 is 0 Å². The number of aromatic nitrogens is 3. The van der Waals surface area contributed by atoms with Gasteiger partial charge in [-0.25, -0.2) is 9.98 Å². The van der Waals surface area contributed by atoms with Crippen molar-refractivity contribution in [1.29, 1.82) is 0 Å². The molecule has 0 aliphatic rings. The molecular weight excluding hydrogens is 511 g/mol. The largest absolute Gasteiger partial charge is 0.461 e. The topological polar surface area (TPSA) is 91.1 Å². The van der Waals surface area contributed by atoms with Gasteiger partial charge in [-0.3, -0.25) is 5.10 Å². The second kappa shape index (κ2) is 12.0. The Hall–Kier alpha value is -1.72. The van der Waals surface area contributed by atoms with Gasteiger partial charge in [0.25, 0.3) is 0 Å². The van der Waals surface area contributed by atoms with Crippen LogP contribution in [0.25, 0.3) is 11.6 Å². The van der Waals surface area contributed by atoms with Crippen molar-refractivity contribution in [3.63, 3.8) is 0 Å². The predicted octanol–water partition coefficient (Wildman–Crippen LogP) is 4.18. The standard InChI is InChI=1S/C18H21ClN6OS.HI/c1-2-20-18(21-9-11-27-14-7-5-13(19)6-8-14)22-12-16-23-17(25-24-16)15-4-3-10-26-15;/h3-8,10H,2,9,11-12H2,1H3,(H2,20,21,22)(H,23,24,25);1H. The van der Waals surface area contributed by atoms with E-state index in [0.717, 1.165) is 29.8 Å². The maximum absolute atomic E-state index is 5.90. The normalized spacial score (nSPS) is 11.1. The number of thioether (sulfide) groups is 1. The molecule has 7 nitrogen and oxygen atoms in total. The Bertz CT molecular complexity index is 853. The summed E-state index contributed by atoms with van der Waals surface area (Å²) in [5.41, 5.74) is 0. The van der Waals surface area contributed by atoms with Crippen LogP contribution in [-0.2, 0) is 6.54 Å². The summed E-state index contributed by atoms with van der Waals surface area (Å²) in [6, 6.07) is 11.5. The fraction of sp³-hybridized carbons (Fsp3) is 0.278. The highest BCUT2D eigenvalue weighted by atomic mass is 127. The number of aromatic amines is 1. The number of halogens is 2. The fourth-order valence-electron chi connectivity index (χ4n) is 2.25. The van der Waals surface area contributed by atoms with Gasteiger partial charge in [0, 0.05) is 28.8 Å². The third kappa shape index (κ3) is 7.02. The first-order valence-electron chi connectivity index (χ1n) is 8.60. The van der Waals surface area contributed by atoms with E-state index in [0.29, 0.717) is 24.0 Å². The van der Waals surface area contributed by atoms with Crippen LogP contribution in [0.1, 0.15) is 12.7 Å². The molecule has 0 bridgehead atoms. The highest BCUT2D eigenvalue weighted by molar-refractivity contribution is 14.0. The number of aliphatic imine (C=N–C) groups is 1. The molecule has 0 atom stereocenters. The Morgan fingerprint density at radius 1 is 1.25 bits per heavy atom. The van der Waals surface area contributed by atoms with Crippen molar-refractivity contribution < 1.29 is 4.42 Å². The summed E-state index contributed by atoms with van der Waals surface area (Å²) >= 11 is 7.66. The molecule has 0 radical (unpaired) electrons. The maximum Gasteiger partial charge on any atom is 0.216 e. The van der Waals surface area contributed by atoms with E-state index in [-0.39, 0.29) is 24.0 Å². The van der Waals surface area contributed by atoms with Crippen LogP contribution >= 0.6 is 47.3 Å². The first-order valence-corrected chi connectivity index (χ1v) is 9.96. The summed E-state index contributed by atoms with van der Waals surface area (Å²) in [4.78, 5) is 10.1. The van der Waals surface area contributed by atoms with Crippen LogP contribution in [0.15, 0.2) is 57.0 Å². The average molecular weight is 533 g/mol. The molecule has 2 aromatic heterocycles. The number of nitrogens with zero attached hydrogens (tertiary/aromatic N) is 3. The zero-order valence-corrected chi connectivity index (χ0v) is 19.2. The van der Waals surface area contributed by atoms with Gasteiger partial charge in [-0.05, 0) is 43.3 Å². The average Bonchev–Trinajstić information content (AvgIpc) is 3.36. The number of H-pyrrole nitrogens is 1. The van der Waals surface area contributed by atoms with E-state index in [2.05, 4.69) is 30.8 Å². The van der Waals surface area contributed by atoms with Gasteiger partial charge >= 0.3 is 0 Å². The van der Waals surface area contributed by atoms with Crippen LogP contribution in [0.2, 0.25) is 5.02 Å². The van der Waals surface area contributed by atoms with Gasteiger partial charge in [0.05, 0.1) is 6.26 Å². The van der Waals surface area contributed by atoms with E-state index in [1.165, 1.54) is 4.90 Å². The summed E-state index contributed by atoms with van der Waals surface area (Å²) in [6.45, 7) is 3.99. The van der Waals surface area contributed by atoms with Crippen molar-refractivity contribution >= 4 is 53.3 Å². The molecule has 0 saturated heterocycles. The zero-order valence-electron chi connectivity index (χ0n) is 15.3. The van der Waals surface area contributed by atoms with Crippen LogP contribution in [0, 0.1) is 0 Å². The quantitative estimate of drug-likeness (QED) is 0.133. The van der Waals surface area contributed by atoms with Crippen LogP contribution in [-0.4, -0.2) is 40.0 Å². The maximum atomic E-state index is 5.90. The molecule has 0 amide bonds. The molecule has 0 saturated carbocycles. The molecule has 3 N–H and O–H groups in total. The minimum Gasteiger partial charge on any atom is -0.461 e. The minimum absolute atomic E-state index is 0. The number of nitrogens with one attached hydrogen (secondary N) is 3. The highest BCUT2D eigenvalue weighted by Gasteiger charge is 2.08. The van der Waals surface area contributed by atoms with Crippen molar-refractivity contribution in [2.75, 3.05) is 18.8 Å². The predicted molar refractivity (Wildman–Crippen MR) is 124 cm³/mol. The SMILES string of the molecule is CCNC(=NCc1nc(-c2ccco2)n[nH]1)NCCSc1ccc(Cl)cc1.I. The number of hydrogen-bond donors (Lipinski definition) is 3. The summed E-state index contributed by atoms with van der Waals surface area (Å²) in [5.74, 6) is 3.49. The first-order chi connectivity index (χ1) is 13.2. The molecule has 3 aromatic rings. The Kier molecular flexibility index (Phi) is 9.65. The number of rotatable bonds is 8. The summed E-state index contributed by atoms with van der Waals surface area (Å²) in [7, 11) is 0. The molecule has 0 aliphatic heterocycles. The third-order valence-electron chi connectivity index (χ3n) is 3.48. The van der Waals surface area contributed by atoms with Crippen molar-refractivity contribution in [2.45, 2.75) is 18.4 Å². The number of guanidine groups is 1. The molecule has 3 rings (SSSR count). The van der Waals surface area contributed by atoms with Gasteiger partial charge in [0.2, 0.25) is 5.82 Å². The first kappa shape index (κ1) is 22.6. The molecular formula is C18H22ClIN6OS. The van der Waals surface area contributed by atoms with Crippen LogP contribution in [0.4, 0.5) is 0 Å². The fourth-order valence-corrected chi connectivity index (χ4v) is 3.14. The van der Waals surface area contributed by atoms with E-state index in [1.807, 2.05) is 37.3 Å². The van der Waals surface area contributed by atoms with Gasteiger partial charge in [-0.1, -0.05) is 11.6 Å². The molecule has 150 valence electrons. The minimum atomic E-state index is 0. The summed E-state index contributed by atoms with van der Waals surface area (Å²) in [5, 5.41) is 14.3. The van der Waals surface area contributed by atoms with Gasteiger partial charge in [-0.2, -0.15) is 0 Å². The Morgan fingerprint density at radius 3 is 2.79 bits per heavy atom. The lowest BCUT2D eigenvalue weighted by Crippen LogP contribution is -2.38. The Morgan fingerprint density at radius 2 is 2.07 bits per heavy atom. The number of furan rings is 1. The molecule has 0 fully saturated rings. The second-order valence-corrected chi connectivity index (χ2v) is 7.11. The lowest BCUT2D eigenvalue weighted by Gasteiger charge is -2.10. The smallest absolute Gasteiger partial charge is 0.216 e. The molecule has 1 aromatic carbocycles. The van der Waals surface area contributed by atoms with Gasteiger partial charge in [0.1, 0.15) is 12.4 Å². The van der Waals surface area contributed by atoms with Gasteiger partial charge in [-0.15, -0.1) is 40.8 Å². The van der Waals surface area contributed by atoms with Gasteiger partial charge in [0.15, 0.2) is 11.7 Å². The Balaban J connectivity index is 0.00000280. The highest BCUT2D eigenvalue weighted by Crippen LogP contribution is 2.19. The monoisotopic (exact) mass is 532 g/mol. The summed E-state index contributed by atoms with van der Waals surface area (Å²) < 4.78 is 5.29. The van der Waals surface area contributed by atoms with E-state index < -0.39 is 0 Å². The number of benzene rings is 1. The lowest BCUT2D eigenvalue weighted by atomic mass is 10.4. The number of hydrogen-bond acceptors (Lipinski definition) is 5.